The number of allylic oxidation sites excluding steroid dienone is 1. The van der Waals surface area contributed by atoms with E-state index in [9.17, 15) is 9.59 Å². The van der Waals surface area contributed by atoms with Crippen molar-refractivity contribution in [2.24, 2.45) is 5.73 Å². The minimum absolute atomic E-state index is 0.0158. The first-order valence-corrected chi connectivity index (χ1v) is 7.45. The first kappa shape index (κ1) is 13.6. The number of para-hydroxylation sites is 1. The lowest BCUT2D eigenvalue weighted by Crippen LogP contribution is -2.35. The highest BCUT2D eigenvalue weighted by atomic mass is 32.2. The lowest BCUT2D eigenvalue weighted by atomic mass is 10.2. The molecule has 1 fully saturated rings. The number of nitriles is 1. The summed E-state index contributed by atoms with van der Waals surface area (Å²) in [5.74, 6) is -0.945. The summed E-state index contributed by atoms with van der Waals surface area (Å²) in [7, 11) is 0. The summed E-state index contributed by atoms with van der Waals surface area (Å²) < 4.78 is 0.435. The van der Waals surface area contributed by atoms with Gasteiger partial charge in [-0.25, -0.2) is 5.01 Å². The van der Waals surface area contributed by atoms with Crippen LogP contribution in [0.15, 0.2) is 50.1 Å². The number of carbonyl (C=O) groups is 2. The van der Waals surface area contributed by atoms with Gasteiger partial charge in [0.15, 0.2) is 0 Å². The molecule has 0 radical (unpaired) electrons. The van der Waals surface area contributed by atoms with Gasteiger partial charge in [0.25, 0.3) is 11.8 Å². The van der Waals surface area contributed by atoms with Crippen LogP contribution >= 0.6 is 23.5 Å². The van der Waals surface area contributed by atoms with Crippen LogP contribution in [0, 0.1) is 11.3 Å². The monoisotopic (exact) mass is 316 g/mol. The standard InChI is InChI=1S/C13H8N4O2S2/c14-6-8-10(15)21-13(20-8)9-11(18)16-17(12(9)19)7-4-2-1-3-5-7/h1-5H,15H2,(H,16,18)/b13-9-. The second kappa shape index (κ2) is 5.20. The van der Waals surface area contributed by atoms with E-state index >= 15 is 0 Å². The molecule has 1 aromatic carbocycles. The van der Waals surface area contributed by atoms with Crippen molar-refractivity contribution in [2.75, 3.05) is 5.01 Å². The number of amides is 2. The van der Waals surface area contributed by atoms with Crippen molar-refractivity contribution in [3.8, 4) is 6.07 Å². The Morgan fingerprint density at radius 3 is 2.52 bits per heavy atom. The van der Waals surface area contributed by atoms with Gasteiger partial charge >= 0.3 is 0 Å². The van der Waals surface area contributed by atoms with Crippen molar-refractivity contribution in [3.63, 3.8) is 0 Å². The molecule has 3 rings (SSSR count). The van der Waals surface area contributed by atoms with Crippen LogP contribution in [-0.4, -0.2) is 11.8 Å². The van der Waals surface area contributed by atoms with Gasteiger partial charge in [-0.2, -0.15) is 5.26 Å². The van der Waals surface area contributed by atoms with E-state index in [1.807, 2.05) is 12.1 Å². The van der Waals surface area contributed by atoms with E-state index in [2.05, 4.69) is 5.43 Å². The van der Waals surface area contributed by atoms with Crippen LogP contribution in [-0.2, 0) is 9.59 Å². The van der Waals surface area contributed by atoms with Crippen LogP contribution in [0.2, 0.25) is 0 Å². The molecule has 3 N–H and O–H groups in total. The molecule has 2 aliphatic heterocycles. The fraction of sp³-hybridized carbons (Fsp3) is 0. The Morgan fingerprint density at radius 2 is 1.90 bits per heavy atom. The van der Waals surface area contributed by atoms with Crippen molar-refractivity contribution < 1.29 is 9.59 Å². The van der Waals surface area contributed by atoms with E-state index in [-0.39, 0.29) is 5.57 Å². The Morgan fingerprint density at radius 1 is 1.19 bits per heavy atom. The van der Waals surface area contributed by atoms with Gasteiger partial charge in [-0.05, 0) is 12.1 Å². The van der Waals surface area contributed by atoms with E-state index in [0.29, 0.717) is 19.9 Å². The number of hydrogen-bond donors (Lipinski definition) is 2. The number of nitrogens with one attached hydrogen (secondary N) is 1. The molecule has 0 unspecified atom stereocenters. The van der Waals surface area contributed by atoms with Crippen molar-refractivity contribution in [1.29, 1.82) is 5.26 Å². The molecule has 1 aromatic rings. The molecule has 1 saturated heterocycles. The summed E-state index contributed by atoms with van der Waals surface area (Å²) in [6.45, 7) is 0. The number of carbonyl (C=O) groups excluding carboxylic acids is 2. The third kappa shape index (κ3) is 2.26. The van der Waals surface area contributed by atoms with Crippen molar-refractivity contribution >= 4 is 41.0 Å². The SMILES string of the molecule is N#CC1=C(N)S/C(=C2/C(=O)NN(c3ccccc3)C2=O)S1. The van der Waals surface area contributed by atoms with Crippen LogP contribution in [0.1, 0.15) is 0 Å². The van der Waals surface area contributed by atoms with Gasteiger partial charge in [-0.1, -0.05) is 41.7 Å². The molecule has 0 aliphatic carbocycles. The maximum Gasteiger partial charge on any atom is 0.284 e. The molecule has 2 aliphatic rings. The molecule has 0 aromatic heterocycles. The summed E-state index contributed by atoms with van der Waals surface area (Å²) in [5.41, 5.74) is 8.79. The molecular weight excluding hydrogens is 308 g/mol. The van der Waals surface area contributed by atoms with Gasteiger partial charge in [0.1, 0.15) is 16.5 Å². The van der Waals surface area contributed by atoms with E-state index in [4.69, 9.17) is 11.0 Å². The fourth-order valence-corrected chi connectivity index (χ4v) is 4.02. The second-order valence-corrected chi connectivity index (χ2v) is 6.42. The van der Waals surface area contributed by atoms with Gasteiger partial charge in [-0.3, -0.25) is 15.0 Å². The molecule has 0 bridgehead atoms. The van der Waals surface area contributed by atoms with E-state index < -0.39 is 11.8 Å². The Balaban J connectivity index is 1.95. The summed E-state index contributed by atoms with van der Waals surface area (Å²) >= 11 is 2.12. The number of rotatable bonds is 1. The van der Waals surface area contributed by atoms with E-state index in [1.54, 1.807) is 24.3 Å². The highest BCUT2D eigenvalue weighted by Crippen LogP contribution is 2.48. The number of hydrogen-bond acceptors (Lipinski definition) is 6. The smallest absolute Gasteiger partial charge is 0.284 e. The third-order valence-electron chi connectivity index (χ3n) is 2.80. The first-order valence-electron chi connectivity index (χ1n) is 5.82. The lowest BCUT2D eigenvalue weighted by molar-refractivity contribution is -0.117. The van der Waals surface area contributed by atoms with Gasteiger partial charge in [0.2, 0.25) is 0 Å². The topological polar surface area (TPSA) is 99.2 Å². The minimum Gasteiger partial charge on any atom is -0.392 e. The number of thioether (sulfide) groups is 2. The molecule has 2 amide bonds. The molecule has 6 nitrogen and oxygen atoms in total. The Kier molecular flexibility index (Phi) is 3.37. The van der Waals surface area contributed by atoms with Gasteiger partial charge < -0.3 is 5.73 Å². The number of nitrogens with two attached hydrogens (primary N) is 1. The Labute approximate surface area is 128 Å². The quantitative estimate of drug-likeness (QED) is 0.600. The predicted molar refractivity (Wildman–Crippen MR) is 81.1 cm³/mol. The molecular formula is C13H8N4O2S2. The second-order valence-electron chi connectivity index (χ2n) is 4.09. The molecule has 104 valence electrons. The summed E-state index contributed by atoms with van der Waals surface area (Å²) in [5, 5.41) is 10.4. The van der Waals surface area contributed by atoms with E-state index in [0.717, 1.165) is 23.5 Å². The fourth-order valence-electron chi connectivity index (χ4n) is 1.85. The summed E-state index contributed by atoms with van der Waals surface area (Å²) in [6.07, 6.45) is 0. The van der Waals surface area contributed by atoms with E-state index in [1.165, 1.54) is 5.01 Å². The van der Waals surface area contributed by atoms with Crippen LogP contribution in [0.3, 0.4) is 0 Å². The zero-order valence-electron chi connectivity index (χ0n) is 10.5. The highest BCUT2D eigenvalue weighted by Gasteiger charge is 2.39. The number of anilines is 1. The lowest BCUT2D eigenvalue weighted by Gasteiger charge is -2.13. The van der Waals surface area contributed by atoms with Crippen molar-refractivity contribution in [3.05, 3.63) is 50.1 Å². The van der Waals surface area contributed by atoms with Gasteiger partial charge in [0.05, 0.1) is 15.0 Å². The zero-order chi connectivity index (χ0) is 15.0. The summed E-state index contributed by atoms with van der Waals surface area (Å²) in [4.78, 5) is 24.8. The zero-order valence-corrected chi connectivity index (χ0v) is 12.1. The molecule has 0 saturated carbocycles. The van der Waals surface area contributed by atoms with Crippen LogP contribution in [0.4, 0.5) is 5.69 Å². The van der Waals surface area contributed by atoms with Crippen LogP contribution in [0.5, 0.6) is 0 Å². The first-order chi connectivity index (χ1) is 10.1. The summed E-state index contributed by atoms with van der Waals surface area (Å²) in [6, 6.07) is 10.7. The third-order valence-corrected chi connectivity index (χ3v) is 5.15. The minimum atomic E-state index is -0.495. The van der Waals surface area contributed by atoms with Gasteiger partial charge in [0, 0.05) is 0 Å². The van der Waals surface area contributed by atoms with Gasteiger partial charge in [-0.15, -0.1) is 0 Å². The molecule has 0 spiro atoms. The molecule has 8 heteroatoms. The number of nitrogens with zero attached hydrogens (tertiary/aromatic N) is 2. The van der Waals surface area contributed by atoms with Crippen LogP contribution in [0.25, 0.3) is 0 Å². The highest BCUT2D eigenvalue weighted by molar-refractivity contribution is 8.28. The Hall–Kier alpha value is -2.37. The van der Waals surface area contributed by atoms with Crippen molar-refractivity contribution in [2.45, 2.75) is 0 Å². The largest absolute Gasteiger partial charge is 0.392 e. The normalized spacial score (nSPS) is 21.8. The molecule has 0 atom stereocenters. The van der Waals surface area contributed by atoms with Crippen molar-refractivity contribution in [1.82, 2.24) is 5.43 Å². The average Bonchev–Trinajstić information content (AvgIpc) is 2.99. The Bertz CT molecular complexity index is 749. The molecule has 2 heterocycles. The van der Waals surface area contributed by atoms with Crippen LogP contribution < -0.4 is 16.2 Å². The maximum atomic E-state index is 12.4. The maximum absolute atomic E-state index is 12.4. The number of benzene rings is 1. The predicted octanol–water partition coefficient (Wildman–Crippen LogP) is 1.41. The number of hydrazine groups is 1. The molecule has 21 heavy (non-hydrogen) atoms. The average molecular weight is 316 g/mol.